The second kappa shape index (κ2) is 8.82. The zero-order chi connectivity index (χ0) is 22.8. The average molecular weight is 464 g/mol. The molecule has 1 atom stereocenters. The smallest absolute Gasteiger partial charge is 0.416 e. The van der Waals surface area contributed by atoms with Crippen molar-refractivity contribution in [2.75, 3.05) is 31.7 Å². The number of nitrogens with one attached hydrogen (secondary N) is 2. The van der Waals surface area contributed by atoms with Crippen molar-refractivity contribution < 1.29 is 40.6 Å². The fraction of sp³-hybridized carbons (Fsp3) is 0.412. The maximum absolute atomic E-state index is 12.9. The van der Waals surface area contributed by atoms with Gasteiger partial charge in [-0.2, -0.15) is 30.9 Å². The lowest BCUT2D eigenvalue weighted by Gasteiger charge is -2.32. The topological polar surface area (TPSA) is 134 Å². The van der Waals surface area contributed by atoms with E-state index in [1.165, 1.54) is 6.07 Å². The number of hydrogen-bond acceptors (Lipinski definition) is 8. The molecule has 14 heteroatoms. The van der Waals surface area contributed by atoms with Gasteiger partial charge in [0.15, 0.2) is 5.69 Å². The van der Waals surface area contributed by atoms with Crippen molar-refractivity contribution >= 4 is 27.8 Å². The number of oxazole rings is 1. The van der Waals surface area contributed by atoms with Gasteiger partial charge in [0.1, 0.15) is 6.26 Å². The predicted octanol–water partition coefficient (Wildman–Crippen LogP) is 1.41. The number of alkyl halides is 3. The van der Waals surface area contributed by atoms with Gasteiger partial charge in [0.25, 0.3) is 11.9 Å². The summed E-state index contributed by atoms with van der Waals surface area (Å²) in [5.74, 6) is -1.11. The fourth-order valence-electron chi connectivity index (χ4n) is 2.81. The third-order valence-corrected chi connectivity index (χ3v) is 6.00. The van der Waals surface area contributed by atoms with Gasteiger partial charge < -0.3 is 19.6 Å². The number of anilines is 2. The molecule has 10 nitrogen and oxygen atoms in total. The Labute approximate surface area is 175 Å². The highest BCUT2D eigenvalue weighted by molar-refractivity contribution is 7.87. The van der Waals surface area contributed by atoms with Crippen molar-refractivity contribution in [3.8, 4) is 0 Å². The van der Waals surface area contributed by atoms with Crippen molar-refractivity contribution in [3.63, 3.8) is 0 Å². The zero-order valence-electron chi connectivity index (χ0n) is 16.1. The molecule has 0 aliphatic carbocycles. The Morgan fingerprint density at radius 1 is 1.39 bits per heavy atom. The van der Waals surface area contributed by atoms with Gasteiger partial charge in [0, 0.05) is 12.2 Å². The highest BCUT2D eigenvalue weighted by Gasteiger charge is 2.34. The number of halogens is 3. The fourth-order valence-corrected chi connectivity index (χ4v) is 4.10. The summed E-state index contributed by atoms with van der Waals surface area (Å²) in [5, 5.41) is 11.8. The Hall–Kier alpha value is -2.68. The molecule has 1 aliphatic rings. The van der Waals surface area contributed by atoms with E-state index in [4.69, 9.17) is 9.15 Å². The second-order valence-electron chi connectivity index (χ2n) is 6.65. The molecule has 0 radical (unpaired) electrons. The summed E-state index contributed by atoms with van der Waals surface area (Å²) in [6.07, 6.45) is -3.69. The number of rotatable bonds is 6. The highest BCUT2D eigenvalue weighted by Crippen LogP contribution is 2.33. The van der Waals surface area contributed by atoms with Crippen LogP contribution in [0.15, 0.2) is 28.9 Å². The van der Waals surface area contributed by atoms with Crippen molar-refractivity contribution in [1.82, 2.24) is 14.0 Å². The minimum atomic E-state index is -4.55. The molecule has 2 aromatic rings. The first-order valence-corrected chi connectivity index (χ1v) is 10.4. The van der Waals surface area contributed by atoms with Crippen LogP contribution in [0, 0.1) is 6.92 Å². The molecule has 0 saturated carbocycles. The van der Waals surface area contributed by atoms with E-state index in [9.17, 15) is 31.5 Å². The Balaban J connectivity index is 1.73. The van der Waals surface area contributed by atoms with E-state index < -0.39 is 46.2 Å². The number of benzene rings is 1. The Morgan fingerprint density at radius 2 is 2.13 bits per heavy atom. The molecular formula is C17H19F3N4O6S. The molecule has 3 rings (SSSR count). The number of amides is 1. The Bertz CT molecular complexity index is 1060. The number of aliphatic hydroxyl groups is 1. The third-order valence-electron chi connectivity index (χ3n) is 4.46. The third kappa shape index (κ3) is 5.33. The quantitative estimate of drug-likeness (QED) is 0.584. The van der Waals surface area contributed by atoms with E-state index in [1.54, 1.807) is 6.92 Å². The van der Waals surface area contributed by atoms with Crippen LogP contribution in [-0.4, -0.2) is 61.1 Å². The summed E-state index contributed by atoms with van der Waals surface area (Å²) >= 11 is 0. The Kier molecular flexibility index (Phi) is 6.54. The van der Waals surface area contributed by atoms with Gasteiger partial charge in [-0.3, -0.25) is 4.79 Å². The molecule has 1 aromatic heterocycles. The van der Waals surface area contributed by atoms with E-state index in [-0.39, 0.29) is 31.5 Å². The van der Waals surface area contributed by atoms with Crippen molar-refractivity contribution in [3.05, 3.63) is 41.3 Å². The summed E-state index contributed by atoms with van der Waals surface area (Å²) in [7, 11) is -4.30. The molecule has 1 unspecified atom stereocenters. The molecular weight excluding hydrogens is 445 g/mol. The maximum atomic E-state index is 12.9. The standard InChI is InChI=1S/C17H19F3N4O6S/c1-10-2-3-11(17(18,19)20)6-13(10)21-16-22-14(9-30-16)15(26)23-31(27,28)24-4-5-29-8-12(24)7-25/h2-3,6,9,12,25H,4-5,7-8H2,1H3,(H,21,22)(H,23,26). The van der Waals surface area contributed by atoms with Gasteiger partial charge in [-0.1, -0.05) is 6.07 Å². The van der Waals surface area contributed by atoms with E-state index in [0.717, 1.165) is 22.7 Å². The lowest BCUT2D eigenvalue weighted by Crippen LogP contribution is -2.55. The number of aryl methyl sites for hydroxylation is 1. The summed E-state index contributed by atoms with van der Waals surface area (Å²) in [5.41, 5.74) is -0.790. The summed E-state index contributed by atoms with van der Waals surface area (Å²) in [6, 6.07) is 1.89. The monoisotopic (exact) mass is 464 g/mol. The number of morpholine rings is 1. The first-order chi connectivity index (χ1) is 14.5. The first-order valence-electron chi connectivity index (χ1n) is 8.94. The van der Waals surface area contributed by atoms with Crippen LogP contribution in [0.25, 0.3) is 0 Å². The SMILES string of the molecule is Cc1ccc(C(F)(F)F)cc1Nc1nc(C(=O)NS(=O)(=O)N2CCOCC2CO)co1. The molecule has 1 aliphatic heterocycles. The number of hydrogen-bond donors (Lipinski definition) is 3. The van der Waals surface area contributed by atoms with E-state index in [0.29, 0.717) is 5.56 Å². The lowest BCUT2D eigenvalue weighted by atomic mass is 10.1. The molecule has 170 valence electrons. The van der Waals surface area contributed by atoms with Crippen LogP contribution < -0.4 is 10.0 Å². The molecule has 2 heterocycles. The summed E-state index contributed by atoms with van der Waals surface area (Å²) in [6.45, 7) is 1.07. The molecule has 31 heavy (non-hydrogen) atoms. The molecule has 1 fully saturated rings. The molecule has 0 spiro atoms. The number of nitrogens with zero attached hydrogens (tertiary/aromatic N) is 2. The van der Waals surface area contributed by atoms with Gasteiger partial charge in [0.2, 0.25) is 0 Å². The van der Waals surface area contributed by atoms with Gasteiger partial charge in [-0.15, -0.1) is 0 Å². The van der Waals surface area contributed by atoms with Crippen LogP contribution in [0.4, 0.5) is 24.9 Å². The van der Waals surface area contributed by atoms with Gasteiger partial charge in [-0.25, -0.2) is 4.72 Å². The van der Waals surface area contributed by atoms with E-state index >= 15 is 0 Å². The normalized spacial score (nSPS) is 18.0. The van der Waals surface area contributed by atoms with Crippen molar-refractivity contribution in [2.24, 2.45) is 0 Å². The van der Waals surface area contributed by atoms with Crippen molar-refractivity contribution in [1.29, 1.82) is 0 Å². The minimum Gasteiger partial charge on any atom is -0.431 e. The molecule has 1 amide bonds. The van der Waals surface area contributed by atoms with Gasteiger partial charge >= 0.3 is 16.4 Å². The number of ether oxygens (including phenoxy) is 1. The lowest BCUT2D eigenvalue weighted by molar-refractivity contribution is -0.137. The number of aromatic nitrogens is 1. The largest absolute Gasteiger partial charge is 0.431 e. The molecule has 1 aromatic carbocycles. The number of aliphatic hydroxyl groups excluding tert-OH is 1. The average Bonchev–Trinajstić information content (AvgIpc) is 3.17. The molecule has 0 bridgehead atoms. The molecule has 3 N–H and O–H groups in total. The van der Waals surface area contributed by atoms with Crippen LogP contribution in [0.1, 0.15) is 21.6 Å². The molecule has 1 saturated heterocycles. The first kappa shape index (κ1) is 23.0. The maximum Gasteiger partial charge on any atom is 0.416 e. The zero-order valence-corrected chi connectivity index (χ0v) is 17.0. The summed E-state index contributed by atoms with van der Waals surface area (Å²) in [4.78, 5) is 16.1. The Morgan fingerprint density at radius 3 is 2.81 bits per heavy atom. The minimum absolute atomic E-state index is 0.0278. The van der Waals surface area contributed by atoms with E-state index in [2.05, 4.69) is 10.3 Å². The predicted molar refractivity (Wildman–Crippen MR) is 101 cm³/mol. The van der Waals surface area contributed by atoms with Crippen LogP contribution in [0.3, 0.4) is 0 Å². The number of carbonyl (C=O) groups is 1. The highest BCUT2D eigenvalue weighted by atomic mass is 32.2. The van der Waals surface area contributed by atoms with E-state index in [1.807, 2.05) is 4.72 Å². The van der Waals surface area contributed by atoms with Crippen molar-refractivity contribution in [2.45, 2.75) is 19.1 Å². The van der Waals surface area contributed by atoms with Crippen LogP contribution in [-0.2, 0) is 21.1 Å². The van der Waals surface area contributed by atoms with Crippen LogP contribution in [0.5, 0.6) is 0 Å². The second-order valence-corrected chi connectivity index (χ2v) is 8.27. The number of carbonyl (C=O) groups excluding carboxylic acids is 1. The van der Waals surface area contributed by atoms with Gasteiger partial charge in [0.05, 0.1) is 31.4 Å². The van der Waals surface area contributed by atoms with Crippen LogP contribution >= 0.6 is 0 Å². The van der Waals surface area contributed by atoms with Crippen LogP contribution in [0.2, 0.25) is 0 Å². The van der Waals surface area contributed by atoms with Gasteiger partial charge in [-0.05, 0) is 24.6 Å². The summed E-state index contributed by atoms with van der Waals surface area (Å²) < 4.78 is 76.5.